The van der Waals surface area contributed by atoms with Crippen molar-refractivity contribution >= 4 is 22.6 Å². The molecule has 1 amide bonds. The molecule has 0 spiro atoms. The van der Waals surface area contributed by atoms with Gasteiger partial charge >= 0.3 is 0 Å². The van der Waals surface area contributed by atoms with Crippen LogP contribution in [0.15, 0.2) is 54.9 Å². The summed E-state index contributed by atoms with van der Waals surface area (Å²) in [6, 6.07) is 13.8. The number of amides is 1. The van der Waals surface area contributed by atoms with E-state index < -0.39 is 0 Å². The van der Waals surface area contributed by atoms with Gasteiger partial charge in [-0.1, -0.05) is 30.3 Å². The first kappa shape index (κ1) is 18.6. The maximum atomic E-state index is 12.5. The van der Waals surface area contributed by atoms with Crippen LogP contribution < -0.4 is 11.1 Å². The fraction of sp³-hybridized carbons (Fsp3) is 0.182. The Morgan fingerprint density at radius 2 is 1.93 bits per heavy atom. The molecule has 0 aliphatic heterocycles. The summed E-state index contributed by atoms with van der Waals surface area (Å²) in [5.41, 5.74) is 10.9. The van der Waals surface area contributed by atoms with E-state index in [1.807, 2.05) is 44.2 Å². The van der Waals surface area contributed by atoms with Crippen LogP contribution in [0.3, 0.4) is 0 Å². The Balaban J connectivity index is 1.47. The second kappa shape index (κ2) is 7.71. The molecule has 0 aliphatic carbocycles. The van der Waals surface area contributed by atoms with E-state index in [2.05, 4.69) is 26.4 Å². The number of rotatable bonds is 5. The largest absolute Gasteiger partial charge is 0.384 e. The number of nitrogens with two attached hydrogens (primary N) is 1. The normalized spacial score (nSPS) is 11.0. The highest BCUT2D eigenvalue weighted by atomic mass is 16.1. The standard InChI is InChI=1S/C22H22N6O/c1-14-6-7-16-4-3-5-18(21(16)26-14)12-28-13-19(11-25-28)22(29)24-10-17-8-9-20(23)27-15(17)2/h3-9,11,13H,10,12H2,1-2H3,(H2,23,27)(H,24,29). The van der Waals surface area contributed by atoms with Crippen molar-refractivity contribution in [2.75, 3.05) is 5.73 Å². The SMILES string of the molecule is Cc1ccc2cccc(Cn3cc(C(=O)NCc4ccc(N)nc4C)cn3)c2n1. The number of anilines is 1. The molecule has 3 N–H and O–H groups in total. The molecule has 0 radical (unpaired) electrons. The van der Waals surface area contributed by atoms with Crippen molar-refractivity contribution in [3.05, 3.63) is 82.9 Å². The monoisotopic (exact) mass is 386 g/mol. The van der Waals surface area contributed by atoms with Gasteiger partial charge in [0.1, 0.15) is 5.82 Å². The van der Waals surface area contributed by atoms with E-state index in [0.717, 1.165) is 33.4 Å². The summed E-state index contributed by atoms with van der Waals surface area (Å²) in [6.45, 7) is 4.78. The van der Waals surface area contributed by atoms with Gasteiger partial charge in [-0.05, 0) is 37.1 Å². The van der Waals surface area contributed by atoms with Crippen LogP contribution in [0.25, 0.3) is 10.9 Å². The number of pyridine rings is 2. The minimum absolute atomic E-state index is 0.181. The molecule has 7 heteroatoms. The van der Waals surface area contributed by atoms with Crippen molar-refractivity contribution in [2.45, 2.75) is 26.9 Å². The van der Waals surface area contributed by atoms with E-state index in [4.69, 9.17) is 5.73 Å². The molecule has 0 fully saturated rings. The summed E-state index contributed by atoms with van der Waals surface area (Å²) >= 11 is 0. The van der Waals surface area contributed by atoms with E-state index in [0.29, 0.717) is 24.5 Å². The Labute approximate surface area is 168 Å². The first-order chi connectivity index (χ1) is 14.0. The zero-order chi connectivity index (χ0) is 20.4. The predicted molar refractivity (Wildman–Crippen MR) is 112 cm³/mol. The van der Waals surface area contributed by atoms with Crippen LogP contribution in [-0.4, -0.2) is 25.7 Å². The summed E-state index contributed by atoms with van der Waals surface area (Å²) in [5, 5.41) is 8.34. The van der Waals surface area contributed by atoms with E-state index in [1.54, 1.807) is 23.1 Å². The second-order valence-electron chi connectivity index (χ2n) is 7.03. The molecule has 4 rings (SSSR count). The molecule has 7 nitrogen and oxygen atoms in total. The van der Waals surface area contributed by atoms with E-state index in [1.165, 1.54) is 0 Å². The fourth-order valence-corrected chi connectivity index (χ4v) is 3.25. The van der Waals surface area contributed by atoms with Gasteiger partial charge in [-0.3, -0.25) is 14.5 Å². The van der Waals surface area contributed by atoms with Crippen LogP contribution in [0.5, 0.6) is 0 Å². The average molecular weight is 386 g/mol. The Morgan fingerprint density at radius 1 is 1.07 bits per heavy atom. The highest BCUT2D eigenvalue weighted by Gasteiger charge is 2.11. The highest BCUT2D eigenvalue weighted by Crippen LogP contribution is 2.18. The molecular formula is C22H22N6O. The molecular weight excluding hydrogens is 364 g/mol. The summed E-state index contributed by atoms with van der Waals surface area (Å²) in [5.74, 6) is 0.288. The fourth-order valence-electron chi connectivity index (χ4n) is 3.25. The Hall–Kier alpha value is -3.74. The van der Waals surface area contributed by atoms with Gasteiger partial charge < -0.3 is 11.1 Å². The van der Waals surface area contributed by atoms with Gasteiger partial charge in [0, 0.05) is 29.5 Å². The van der Waals surface area contributed by atoms with Gasteiger partial charge in [-0.15, -0.1) is 0 Å². The number of carbonyl (C=O) groups is 1. The first-order valence-corrected chi connectivity index (χ1v) is 9.37. The van der Waals surface area contributed by atoms with Gasteiger partial charge in [-0.25, -0.2) is 4.98 Å². The number of nitrogen functional groups attached to an aromatic ring is 1. The van der Waals surface area contributed by atoms with Crippen molar-refractivity contribution in [3.63, 3.8) is 0 Å². The molecule has 146 valence electrons. The maximum Gasteiger partial charge on any atom is 0.254 e. The average Bonchev–Trinajstić information content (AvgIpc) is 3.16. The number of para-hydroxylation sites is 1. The zero-order valence-electron chi connectivity index (χ0n) is 16.4. The second-order valence-corrected chi connectivity index (χ2v) is 7.03. The van der Waals surface area contributed by atoms with E-state index in [9.17, 15) is 4.79 Å². The maximum absolute atomic E-state index is 12.5. The topological polar surface area (TPSA) is 98.7 Å². The van der Waals surface area contributed by atoms with Crippen LogP contribution in [0, 0.1) is 13.8 Å². The molecule has 1 aromatic carbocycles. The van der Waals surface area contributed by atoms with E-state index >= 15 is 0 Å². The predicted octanol–water partition coefficient (Wildman–Crippen LogP) is 3.00. The third-order valence-corrected chi connectivity index (χ3v) is 4.83. The Kier molecular flexibility index (Phi) is 4.95. The number of fused-ring (bicyclic) bond motifs is 1. The molecule has 0 bridgehead atoms. The van der Waals surface area contributed by atoms with Crippen LogP contribution in [0.2, 0.25) is 0 Å². The lowest BCUT2D eigenvalue weighted by Gasteiger charge is -2.08. The van der Waals surface area contributed by atoms with Gasteiger partial charge in [0.15, 0.2) is 0 Å². The molecule has 4 aromatic rings. The van der Waals surface area contributed by atoms with Gasteiger partial charge in [0.25, 0.3) is 5.91 Å². The lowest BCUT2D eigenvalue weighted by Crippen LogP contribution is -2.23. The van der Waals surface area contributed by atoms with Crippen molar-refractivity contribution in [2.24, 2.45) is 0 Å². The lowest BCUT2D eigenvalue weighted by molar-refractivity contribution is 0.0950. The third kappa shape index (κ3) is 4.08. The highest BCUT2D eigenvalue weighted by molar-refractivity contribution is 5.93. The minimum Gasteiger partial charge on any atom is -0.384 e. The number of nitrogens with zero attached hydrogens (tertiary/aromatic N) is 4. The van der Waals surface area contributed by atoms with Crippen LogP contribution in [0.1, 0.15) is 32.9 Å². The third-order valence-electron chi connectivity index (χ3n) is 4.83. The number of nitrogens with one attached hydrogen (secondary N) is 1. The quantitative estimate of drug-likeness (QED) is 0.549. The number of benzene rings is 1. The summed E-state index contributed by atoms with van der Waals surface area (Å²) < 4.78 is 1.75. The summed E-state index contributed by atoms with van der Waals surface area (Å²) in [4.78, 5) is 21.4. The molecule has 3 aromatic heterocycles. The lowest BCUT2D eigenvalue weighted by atomic mass is 10.1. The molecule has 0 atom stereocenters. The van der Waals surface area contributed by atoms with Gasteiger partial charge in [-0.2, -0.15) is 5.10 Å². The summed E-state index contributed by atoms with van der Waals surface area (Å²) in [6.07, 6.45) is 3.32. The van der Waals surface area contributed by atoms with Gasteiger partial charge in [0.2, 0.25) is 0 Å². The molecule has 0 saturated carbocycles. The Morgan fingerprint density at radius 3 is 2.76 bits per heavy atom. The molecule has 3 heterocycles. The van der Waals surface area contributed by atoms with Crippen molar-refractivity contribution < 1.29 is 4.79 Å². The smallest absolute Gasteiger partial charge is 0.254 e. The van der Waals surface area contributed by atoms with Crippen molar-refractivity contribution in [1.82, 2.24) is 25.1 Å². The Bertz CT molecular complexity index is 1200. The molecule has 0 unspecified atom stereocenters. The molecule has 29 heavy (non-hydrogen) atoms. The zero-order valence-corrected chi connectivity index (χ0v) is 16.4. The number of aryl methyl sites for hydroxylation is 2. The molecule has 0 aliphatic rings. The van der Waals surface area contributed by atoms with Crippen molar-refractivity contribution in [1.29, 1.82) is 0 Å². The summed E-state index contributed by atoms with van der Waals surface area (Å²) in [7, 11) is 0. The van der Waals surface area contributed by atoms with Crippen molar-refractivity contribution in [3.8, 4) is 0 Å². The number of hydrogen-bond donors (Lipinski definition) is 2. The minimum atomic E-state index is -0.181. The van der Waals surface area contributed by atoms with Crippen LogP contribution in [-0.2, 0) is 13.1 Å². The van der Waals surface area contributed by atoms with E-state index in [-0.39, 0.29) is 5.91 Å². The number of aromatic nitrogens is 4. The van der Waals surface area contributed by atoms with Crippen LogP contribution in [0.4, 0.5) is 5.82 Å². The van der Waals surface area contributed by atoms with Crippen LogP contribution >= 0.6 is 0 Å². The first-order valence-electron chi connectivity index (χ1n) is 9.37. The molecule has 0 saturated heterocycles. The number of carbonyl (C=O) groups excluding carboxylic acids is 1. The van der Waals surface area contributed by atoms with Gasteiger partial charge in [0.05, 0.1) is 23.8 Å². The number of hydrogen-bond acceptors (Lipinski definition) is 5.